The summed E-state index contributed by atoms with van der Waals surface area (Å²) in [6, 6.07) is 2.45. The first kappa shape index (κ1) is 7.12. The molecule has 0 radical (unpaired) electrons. The van der Waals surface area contributed by atoms with Crippen molar-refractivity contribution in [3.8, 4) is 6.07 Å². The van der Waals surface area contributed by atoms with Gasteiger partial charge in [-0.25, -0.2) is 0 Å². The normalized spacial score (nSPS) is 35.1. The van der Waals surface area contributed by atoms with Crippen LogP contribution in [0.1, 0.15) is 19.3 Å². The molecule has 1 saturated carbocycles. The minimum atomic E-state index is 0.360. The Balaban J connectivity index is 2.09. The number of nitriles is 1. The average Bonchev–Trinajstić information content (AvgIpc) is 2.70. The molecule has 11 heavy (non-hydrogen) atoms. The Labute approximate surface area is 67.8 Å². The molecule has 2 heteroatoms. The molecule has 2 nitrogen and oxygen atoms in total. The van der Waals surface area contributed by atoms with Crippen molar-refractivity contribution in [2.24, 2.45) is 11.3 Å². The zero-order chi connectivity index (χ0) is 7.90. The van der Waals surface area contributed by atoms with E-state index < -0.39 is 0 Å². The van der Waals surface area contributed by atoms with E-state index in [0.717, 1.165) is 19.5 Å². The van der Waals surface area contributed by atoms with E-state index in [2.05, 4.69) is 18.0 Å². The second-order valence-electron chi connectivity index (χ2n) is 4.07. The highest BCUT2D eigenvalue weighted by Gasteiger charge is 2.51. The molecule has 0 aromatic carbocycles. The maximum Gasteiger partial charge on any atom is 0.0662 e. The first-order chi connectivity index (χ1) is 5.27. The number of hydrogen-bond acceptors (Lipinski definition) is 2. The van der Waals surface area contributed by atoms with Crippen LogP contribution in [0.2, 0.25) is 0 Å². The fourth-order valence-electron chi connectivity index (χ4n) is 2.25. The van der Waals surface area contributed by atoms with Gasteiger partial charge in [0.2, 0.25) is 0 Å². The van der Waals surface area contributed by atoms with Crippen LogP contribution in [-0.2, 0) is 0 Å². The third kappa shape index (κ3) is 1.04. The van der Waals surface area contributed by atoms with Gasteiger partial charge < -0.3 is 4.90 Å². The van der Waals surface area contributed by atoms with Crippen LogP contribution in [0.3, 0.4) is 0 Å². The Kier molecular flexibility index (Phi) is 1.43. The first-order valence-electron chi connectivity index (χ1n) is 4.35. The van der Waals surface area contributed by atoms with E-state index in [4.69, 9.17) is 5.26 Å². The summed E-state index contributed by atoms with van der Waals surface area (Å²) >= 11 is 0. The van der Waals surface area contributed by atoms with E-state index in [1.807, 2.05) is 0 Å². The Morgan fingerprint density at radius 3 is 2.82 bits per heavy atom. The van der Waals surface area contributed by atoms with Gasteiger partial charge in [-0.3, -0.25) is 0 Å². The molecule has 60 valence electrons. The summed E-state index contributed by atoms with van der Waals surface area (Å²) in [5.41, 5.74) is 0.432. The van der Waals surface area contributed by atoms with Crippen LogP contribution in [0.4, 0.5) is 0 Å². The van der Waals surface area contributed by atoms with Crippen LogP contribution < -0.4 is 0 Å². The van der Waals surface area contributed by atoms with Gasteiger partial charge in [0.25, 0.3) is 0 Å². The lowest BCUT2D eigenvalue weighted by molar-refractivity contribution is 0.156. The minimum absolute atomic E-state index is 0.360. The fourth-order valence-corrected chi connectivity index (χ4v) is 2.25. The molecule has 0 aromatic rings. The molecule has 1 aliphatic heterocycles. The summed E-state index contributed by atoms with van der Waals surface area (Å²) in [7, 11) is 2.16. The summed E-state index contributed by atoms with van der Waals surface area (Å²) < 4.78 is 0. The third-order valence-electron chi connectivity index (χ3n) is 3.17. The molecule has 1 atom stereocenters. The number of rotatable bonds is 0. The Morgan fingerprint density at radius 1 is 1.55 bits per heavy atom. The van der Waals surface area contributed by atoms with Gasteiger partial charge in [0.1, 0.15) is 0 Å². The zero-order valence-corrected chi connectivity index (χ0v) is 7.01. The van der Waals surface area contributed by atoms with E-state index in [9.17, 15) is 0 Å². The van der Waals surface area contributed by atoms with Crippen LogP contribution in [-0.4, -0.2) is 25.0 Å². The molecule has 1 unspecified atom stereocenters. The van der Waals surface area contributed by atoms with Gasteiger partial charge in [0.05, 0.1) is 12.0 Å². The highest BCUT2D eigenvalue weighted by Crippen LogP contribution is 2.55. The number of likely N-dealkylation sites (tertiary alicyclic amines) is 1. The van der Waals surface area contributed by atoms with Gasteiger partial charge in [-0.1, -0.05) is 0 Å². The number of piperidine rings is 1. The molecule has 0 N–H and O–H groups in total. The van der Waals surface area contributed by atoms with Gasteiger partial charge in [-0.05, 0) is 38.3 Å². The summed E-state index contributed by atoms with van der Waals surface area (Å²) in [5, 5.41) is 8.88. The molecule has 0 aromatic heterocycles. The summed E-state index contributed by atoms with van der Waals surface area (Å²) in [6.07, 6.45) is 3.66. The smallest absolute Gasteiger partial charge is 0.0662 e. The quantitative estimate of drug-likeness (QED) is 0.519. The van der Waals surface area contributed by atoms with Crippen molar-refractivity contribution in [1.82, 2.24) is 4.90 Å². The standard InChI is InChI=1S/C9H14N2/c1-11-5-2-8(6-10)9(7-11)3-4-9/h8H,2-5,7H2,1H3. The van der Waals surface area contributed by atoms with E-state index in [0.29, 0.717) is 11.3 Å². The lowest BCUT2D eigenvalue weighted by Crippen LogP contribution is -2.38. The molecule has 2 fully saturated rings. The Morgan fingerprint density at radius 2 is 2.27 bits per heavy atom. The molecule has 0 amide bonds. The van der Waals surface area contributed by atoms with Crippen molar-refractivity contribution < 1.29 is 0 Å². The van der Waals surface area contributed by atoms with Crippen LogP contribution in [0.25, 0.3) is 0 Å². The van der Waals surface area contributed by atoms with Gasteiger partial charge in [-0.2, -0.15) is 5.26 Å². The van der Waals surface area contributed by atoms with E-state index in [1.54, 1.807) is 0 Å². The molecule has 2 rings (SSSR count). The predicted molar refractivity (Wildman–Crippen MR) is 42.9 cm³/mol. The van der Waals surface area contributed by atoms with Crippen molar-refractivity contribution in [2.45, 2.75) is 19.3 Å². The van der Waals surface area contributed by atoms with Gasteiger partial charge in [-0.15, -0.1) is 0 Å². The van der Waals surface area contributed by atoms with Crippen molar-refractivity contribution in [1.29, 1.82) is 5.26 Å². The first-order valence-corrected chi connectivity index (χ1v) is 4.35. The van der Waals surface area contributed by atoms with Gasteiger partial charge in [0.15, 0.2) is 0 Å². The maximum atomic E-state index is 8.88. The number of nitrogens with zero attached hydrogens (tertiary/aromatic N) is 2. The summed E-state index contributed by atoms with van der Waals surface area (Å²) in [5.74, 6) is 0.360. The topological polar surface area (TPSA) is 27.0 Å². The van der Waals surface area contributed by atoms with Gasteiger partial charge in [0, 0.05) is 6.54 Å². The van der Waals surface area contributed by atoms with Crippen LogP contribution in [0.5, 0.6) is 0 Å². The fraction of sp³-hybridized carbons (Fsp3) is 0.889. The van der Waals surface area contributed by atoms with Crippen LogP contribution in [0.15, 0.2) is 0 Å². The molecule has 1 saturated heterocycles. The highest BCUT2D eigenvalue weighted by atomic mass is 15.1. The zero-order valence-electron chi connectivity index (χ0n) is 7.01. The van der Waals surface area contributed by atoms with Crippen molar-refractivity contribution in [3.63, 3.8) is 0 Å². The van der Waals surface area contributed by atoms with E-state index in [-0.39, 0.29) is 0 Å². The monoisotopic (exact) mass is 150 g/mol. The second kappa shape index (κ2) is 2.22. The van der Waals surface area contributed by atoms with E-state index in [1.165, 1.54) is 12.8 Å². The number of hydrogen-bond donors (Lipinski definition) is 0. The van der Waals surface area contributed by atoms with Crippen LogP contribution in [0, 0.1) is 22.7 Å². The lowest BCUT2D eigenvalue weighted by Gasteiger charge is -2.33. The largest absolute Gasteiger partial charge is 0.306 e. The molecule has 1 spiro atoms. The summed E-state index contributed by atoms with van der Waals surface area (Å²) in [4.78, 5) is 2.36. The Hall–Kier alpha value is -0.550. The van der Waals surface area contributed by atoms with Crippen LogP contribution >= 0.6 is 0 Å². The molecular formula is C9H14N2. The lowest BCUT2D eigenvalue weighted by atomic mass is 9.84. The molecule has 2 aliphatic rings. The molecule has 0 bridgehead atoms. The third-order valence-corrected chi connectivity index (χ3v) is 3.17. The van der Waals surface area contributed by atoms with Gasteiger partial charge >= 0.3 is 0 Å². The average molecular weight is 150 g/mol. The molecule has 1 aliphatic carbocycles. The summed E-state index contributed by atoms with van der Waals surface area (Å²) in [6.45, 7) is 2.27. The van der Waals surface area contributed by atoms with Crippen molar-refractivity contribution in [3.05, 3.63) is 0 Å². The minimum Gasteiger partial charge on any atom is -0.306 e. The van der Waals surface area contributed by atoms with Crippen molar-refractivity contribution >= 4 is 0 Å². The second-order valence-corrected chi connectivity index (χ2v) is 4.07. The highest BCUT2D eigenvalue weighted by molar-refractivity contribution is 5.09. The molecular weight excluding hydrogens is 136 g/mol. The van der Waals surface area contributed by atoms with E-state index >= 15 is 0 Å². The molecule has 1 heterocycles. The van der Waals surface area contributed by atoms with Crippen molar-refractivity contribution in [2.75, 3.05) is 20.1 Å². The Bertz CT molecular complexity index is 200. The predicted octanol–water partition coefficient (Wildman–Crippen LogP) is 1.24. The SMILES string of the molecule is CN1CCC(C#N)C2(CC2)C1. The maximum absolute atomic E-state index is 8.88.